The van der Waals surface area contributed by atoms with Crippen molar-refractivity contribution < 1.29 is 0 Å². The molecule has 46 valence electrons. The lowest BCUT2D eigenvalue weighted by Gasteiger charge is -1.66. The van der Waals surface area contributed by atoms with Crippen molar-refractivity contribution in [2.45, 2.75) is 21.3 Å². The monoisotopic (exact) mass is 103 g/mol. The average molecular weight is 103 g/mol. The molecule has 1 heteroatoms. The Kier molecular flexibility index (Phi) is 8.56. The number of rotatable bonds is 0. The van der Waals surface area contributed by atoms with Crippen molar-refractivity contribution in [2.75, 3.05) is 20.1 Å². The van der Waals surface area contributed by atoms with Crippen molar-refractivity contribution in [1.82, 2.24) is 4.90 Å². The van der Waals surface area contributed by atoms with E-state index >= 15 is 0 Å². The van der Waals surface area contributed by atoms with Gasteiger partial charge in [0.1, 0.15) is 0 Å². The van der Waals surface area contributed by atoms with Crippen LogP contribution in [0.2, 0.25) is 0 Å². The van der Waals surface area contributed by atoms with Crippen LogP contribution in [-0.2, 0) is 0 Å². The van der Waals surface area contributed by atoms with Gasteiger partial charge in [-0.05, 0) is 7.05 Å². The molecule has 1 heterocycles. The molecule has 1 nitrogen and oxygen atoms in total. The summed E-state index contributed by atoms with van der Waals surface area (Å²) in [6.45, 7) is 6.64. The van der Waals surface area contributed by atoms with Crippen LogP contribution in [0.3, 0.4) is 0 Å². The van der Waals surface area contributed by atoms with Crippen molar-refractivity contribution in [3.63, 3.8) is 0 Å². The number of likely N-dealkylation sites (N-methyl/N-ethyl adjacent to an activating group) is 1. The van der Waals surface area contributed by atoms with Gasteiger partial charge in [0.05, 0.1) is 0 Å². The standard InChI is InChI=1S/C3H7N.C2H6.CH4/c1-4-2-3-4;1-2;/h2-3H2,1H3;1-2H3;1H4. The largest absolute Gasteiger partial charge is 0.304 e. The second-order valence-electron chi connectivity index (χ2n) is 1.30. The highest BCUT2D eigenvalue weighted by Gasteiger charge is 2.07. The molecule has 0 saturated carbocycles. The summed E-state index contributed by atoms with van der Waals surface area (Å²) < 4.78 is 0. The Morgan fingerprint density at radius 1 is 1.14 bits per heavy atom. The van der Waals surface area contributed by atoms with Crippen molar-refractivity contribution in [1.29, 1.82) is 0 Å². The van der Waals surface area contributed by atoms with Gasteiger partial charge in [-0.2, -0.15) is 0 Å². The Hall–Kier alpha value is -0.0400. The molecule has 0 atom stereocenters. The first kappa shape index (κ1) is 10.0. The van der Waals surface area contributed by atoms with Gasteiger partial charge < -0.3 is 4.90 Å². The topological polar surface area (TPSA) is 3.01 Å². The summed E-state index contributed by atoms with van der Waals surface area (Å²) in [7, 11) is 2.11. The molecule has 0 radical (unpaired) electrons. The van der Waals surface area contributed by atoms with Gasteiger partial charge in [-0.15, -0.1) is 0 Å². The SMILES string of the molecule is C.CC.CN1CC1. The molecule has 0 aliphatic carbocycles. The normalized spacial score (nSPS) is 15.9. The predicted molar refractivity (Wildman–Crippen MR) is 35.6 cm³/mol. The van der Waals surface area contributed by atoms with Gasteiger partial charge in [-0.25, -0.2) is 0 Å². The molecule has 0 aromatic carbocycles. The summed E-state index contributed by atoms with van der Waals surface area (Å²) in [4.78, 5) is 2.25. The summed E-state index contributed by atoms with van der Waals surface area (Å²) >= 11 is 0. The first-order valence-corrected chi connectivity index (χ1v) is 2.58. The molecule has 1 aliphatic rings. The van der Waals surface area contributed by atoms with Crippen molar-refractivity contribution in [2.24, 2.45) is 0 Å². The first-order chi connectivity index (χ1) is 2.89. The molecular formula is C6H17N. The van der Waals surface area contributed by atoms with Crippen LogP contribution in [0, 0.1) is 0 Å². The minimum Gasteiger partial charge on any atom is -0.304 e. The van der Waals surface area contributed by atoms with E-state index < -0.39 is 0 Å². The van der Waals surface area contributed by atoms with Crippen molar-refractivity contribution in [3.05, 3.63) is 0 Å². The first-order valence-electron chi connectivity index (χ1n) is 2.58. The lowest BCUT2D eigenvalue weighted by Crippen LogP contribution is -1.75. The van der Waals surface area contributed by atoms with Crippen molar-refractivity contribution >= 4 is 0 Å². The average Bonchev–Trinajstić information content (AvgIpc) is 2.30. The fourth-order valence-electron chi connectivity index (χ4n) is 0.1000. The van der Waals surface area contributed by atoms with Crippen LogP contribution >= 0.6 is 0 Å². The Balaban J connectivity index is 0. The molecule has 1 aliphatic heterocycles. The lowest BCUT2D eigenvalue weighted by molar-refractivity contribution is 0.698. The number of hydrogen-bond donors (Lipinski definition) is 0. The Morgan fingerprint density at radius 3 is 1.29 bits per heavy atom. The molecule has 1 saturated heterocycles. The third-order valence-electron chi connectivity index (χ3n) is 0.671. The molecule has 0 bridgehead atoms. The summed E-state index contributed by atoms with van der Waals surface area (Å²) in [6.07, 6.45) is 0. The zero-order valence-electron chi connectivity index (χ0n) is 4.86. The van der Waals surface area contributed by atoms with Crippen LogP contribution < -0.4 is 0 Å². The van der Waals surface area contributed by atoms with Gasteiger partial charge in [0.25, 0.3) is 0 Å². The molecule has 0 N–H and O–H groups in total. The highest BCUT2D eigenvalue weighted by Crippen LogP contribution is 1.93. The van der Waals surface area contributed by atoms with E-state index in [4.69, 9.17) is 0 Å². The van der Waals surface area contributed by atoms with E-state index in [0.29, 0.717) is 0 Å². The predicted octanol–water partition coefficient (Wildman–Crippen LogP) is 1.59. The van der Waals surface area contributed by atoms with E-state index in [1.165, 1.54) is 13.1 Å². The van der Waals surface area contributed by atoms with Gasteiger partial charge >= 0.3 is 0 Å². The molecule has 1 fully saturated rings. The molecular weight excluding hydrogens is 86.1 g/mol. The Labute approximate surface area is 47.3 Å². The molecule has 0 unspecified atom stereocenters. The molecule has 0 aromatic rings. The van der Waals surface area contributed by atoms with Gasteiger partial charge in [-0.3, -0.25) is 0 Å². The lowest BCUT2D eigenvalue weighted by atomic mass is 11.0. The van der Waals surface area contributed by atoms with E-state index in [0.717, 1.165) is 0 Å². The molecule has 0 aromatic heterocycles. The highest BCUT2D eigenvalue weighted by atomic mass is 15.2. The summed E-state index contributed by atoms with van der Waals surface area (Å²) in [6, 6.07) is 0. The van der Waals surface area contributed by atoms with E-state index in [-0.39, 0.29) is 7.43 Å². The van der Waals surface area contributed by atoms with Crippen LogP contribution in [0.4, 0.5) is 0 Å². The fraction of sp³-hybridized carbons (Fsp3) is 1.00. The summed E-state index contributed by atoms with van der Waals surface area (Å²) in [5.41, 5.74) is 0. The second-order valence-corrected chi connectivity index (χ2v) is 1.30. The number of hydrogen-bond acceptors (Lipinski definition) is 1. The van der Waals surface area contributed by atoms with E-state index in [1.54, 1.807) is 0 Å². The zero-order chi connectivity index (χ0) is 4.99. The van der Waals surface area contributed by atoms with E-state index in [1.807, 2.05) is 13.8 Å². The maximum absolute atomic E-state index is 2.25. The number of nitrogens with zero attached hydrogens (tertiary/aromatic N) is 1. The molecule has 0 amide bonds. The molecule has 0 spiro atoms. The molecule has 7 heavy (non-hydrogen) atoms. The van der Waals surface area contributed by atoms with Crippen LogP contribution in [0.25, 0.3) is 0 Å². The molecule has 1 rings (SSSR count). The van der Waals surface area contributed by atoms with Gasteiger partial charge in [0.15, 0.2) is 0 Å². The van der Waals surface area contributed by atoms with Crippen molar-refractivity contribution in [3.8, 4) is 0 Å². The highest BCUT2D eigenvalue weighted by molar-refractivity contribution is 4.64. The third kappa shape index (κ3) is 10.7. The quantitative estimate of drug-likeness (QED) is 0.421. The van der Waals surface area contributed by atoms with Gasteiger partial charge in [-0.1, -0.05) is 21.3 Å². The fourth-order valence-corrected chi connectivity index (χ4v) is 0.1000. The van der Waals surface area contributed by atoms with Crippen LogP contribution in [0.5, 0.6) is 0 Å². The third-order valence-corrected chi connectivity index (χ3v) is 0.671. The maximum Gasteiger partial charge on any atom is 0.0107 e. The Bertz CT molecular complexity index is 23.4. The van der Waals surface area contributed by atoms with E-state index in [9.17, 15) is 0 Å². The minimum atomic E-state index is 0. The Morgan fingerprint density at radius 2 is 1.29 bits per heavy atom. The van der Waals surface area contributed by atoms with E-state index in [2.05, 4.69) is 11.9 Å². The smallest absolute Gasteiger partial charge is 0.0107 e. The van der Waals surface area contributed by atoms with Gasteiger partial charge in [0.2, 0.25) is 0 Å². The second kappa shape index (κ2) is 5.96. The van der Waals surface area contributed by atoms with Gasteiger partial charge in [0, 0.05) is 13.1 Å². The minimum absolute atomic E-state index is 0. The van der Waals surface area contributed by atoms with Crippen LogP contribution in [-0.4, -0.2) is 25.0 Å². The zero-order valence-corrected chi connectivity index (χ0v) is 4.86. The van der Waals surface area contributed by atoms with Crippen LogP contribution in [0.15, 0.2) is 0 Å². The maximum atomic E-state index is 2.25. The van der Waals surface area contributed by atoms with Crippen LogP contribution in [0.1, 0.15) is 21.3 Å². The summed E-state index contributed by atoms with van der Waals surface area (Å²) in [5, 5.41) is 0. The summed E-state index contributed by atoms with van der Waals surface area (Å²) in [5.74, 6) is 0.